The Morgan fingerprint density at radius 3 is 2.73 bits per heavy atom. The molecule has 0 radical (unpaired) electrons. The topological polar surface area (TPSA) is 87.2 Å². The number of piperidine rings is 1. The van der Waals surface area contributed by atoms with E-state index < -0.39 is 17.9 Å². The molecule has 5 nitrogen and oxygen atoms in total. The van der Waals surface area contributed by atoms with Gasteiger partial charge in [0.05, 0.1) is 6.07 Å². The number of hydrogen-bond donors (Lipinski definition) is 1. The molecule has 1 fully saturated rings. The Hall–Kier alpha value is -1.57. The third kappa shape index (κ3) is 2.46. The molecule has 2 unspecified atom stereocenters. The van der Waals surface area contributed by atoms with E-state index in [9.17, 15) is 9.59 Å². The fourth-order valence-corrected chi connectivity index (χ4v) is 1.80. The van der Waals surface area contributed by atoms with Crippen molar-refractivity contribution >= 4 is 11.8 Å². The summed E-state index contributed by atoms with van der Waals surface area (Å²) in [6, 6.07) is 1.35. The van der Waals surface area contributed by atoms with E-state index in [4.69, 9.17) is 11.0 Å². The van der Waals surface area contributed by atoms with Crippen LogP contribution < -0.4 is 5.73 Å². The summed E-state index contributed by atoms with van der Waals surface area (Å²) in [7, 11) is 0. The minimum atomic E-state index is -0.704. The van der Waals surface area contributed by atoms with Crippen molar-refractivity contribution in [1.29, 1.82) is 5.26 Å². The van der Waals surface area contributed by atoms with Crippen LogP contribution in [-0.2, 0) is 9.59 Å². The van der Waals surface area contributed by atoms with Crippen molar-refractivity contribution in [3.8, 4) is 6.07 Å². The lowest BCUT2D eigenvalue weighted by Crippen LogP contribution is -2.51. The van der Waals surface area contributed by atoms with Gasteiger partial charge in [-0.3, -0.25) is 9.59 Å². The van der Waals surface area contributed by atoms with Crippen LogP contribution in [-0.4, -0.2) is 29.3 Å². The Labute approximate surface area is 88.8 Å². The number of carbonyl (C=O) groups excluding carboxylic acids is 2. The van der Waals surface area contributed by atoms with E-state index >= 15 is 0 Å². The van der Waals surface area contributed by atoms with Gasteiger partial charge in [0.15, 0.2) is 0 Å². The average molecular weight is 209 g/mol. The zero-order valence-corrected chi connectivity index (χ0v) is 8.77. The summed E-state index contributed by atoms with van der Waals surface area (Å²) in [5.41, 5.74) is 5.22. The van der Waals surface area contributed by atoms with Crippen LogP contribution in [0.25, 0.3) is 0 Å². The largest absolute Gasteiger partial charge is 0.368 e. The van der Waals surface area contributed by atoms with Crippen LogP contribution >= 0.6 is 0 Å². The molecule has 5 heteroatoms. The van der Waals surface area contributed by atoms with Crippen LogP contribution in [0.15, 0.2) is 0 Å². The highest BCUT2D eigenvalue weighted by molar-refractivity contribution is 5.88. The highest BCUT2D eigenvalue weighted by atomic mass is 16.2. The molecule has 1 rings (SSSR count). The number of primary amides is 1. The van der Waals surface area contributed by atoms with Crippen molar-refractivity contribution in [2.24, 2.45) is 11.7 Å². The van der Waals surface area contributed by atoms with E-state index in [0.717, 1.165) is 12.8 Å². The quantitative estimate of drug-likeness (QED) is 0.695. The Balaban J connectivity index is 2.77. The van der Waals surface area contributed by atoms with E-state index in [-0.39, 0.29) is 5.91 Å². The number of amides is 2. The molecule has 1 aliphatic rings. The number of hydrogen-bond acceptors (Lipinski definition) is 3. The van der Waals surface area contributed by atoms with Crippen LogP contribution in [0.1, 0.15) is 26.2 Å². The van der Waals surface area contributed by atoms with Crippen LogP contribution in [0.3, 0.4) is 0 Å². The molecule has 1 heterocycles. The number of likely N-dealkylation sites (tertiary alicyclic amines) is 1. The molecule has 0 aromatic rings. The molecule has 0 saturated carbocycles. The molecule has 0 bridgehead atoms. The Bertz CT molecular complexity index is 308. The van der Waals surface area contributed by atoms with Gasteiger partial charge >= 0.3 is 0 Å². The molecule has 82 valence electrons. The molecule has 0 aromatic heterocycles. The Kier molecular flexibility index (Phi) is 3.67. The van der Waals surface area contributed by atoms with Crippen molar-refractivity contribution in [3.05, 3.63) is 0 Å². The van der Waals surface area contributed by atoms with E-state index in [1.54, 1.807) is 0 Å². The van der Waals surface area contributed by atoms with Crippen molar-refractivity contribution in [2.45, 2.75) is 32.2 Å². The molecule has 2 N–H and O–H groups in total. The number of rotatable bonds is 2. The second-order valence-corrected chi connectivity index (χ2v) is 3.80. The number of nitrogens with zero attached hydrogens (tertiary/aromatic N) is 2. The van der Waals surface area contributed by atoms with Crippen LogP contribution in [0.5, 0.6) is 0 Å². The first kappa shape index (κ1) is 11.5. The minimum Gasteiger partial charge on any atom is -0.368 e. The fraction of sp³-hybridized carbons (Fsp3) is 0.700. The van der Waals surface area contributed by atoms with E-state index in [0.29, 0.717) is 13.0 Å². The van der Waals surface area contributed by atoms with E-state index in [1.807, 2.05) is 6.07 Å². The lowest BCUT2D eigenvalue weighted by Gasteiger charge is -2.34. The molecular weight excluding hydrogens is 194 g/mol. The SMILES string of the molecule is CC(C#N)C(=O)N1CCCCC1C(N)=O. The van der Waals surface area contributed by atoms with Gasteiger partial charge in [-0.05, 0) is 26.2 Å². The monoisotopic (exact) mass is 209 g/mol. The van der Waals surface area contributed by atoms with Gasteiger partial charge in [0.25, 0.3) is 0 Å². The molecule has 2 amide bonds. The van der Waals surface area contributed by atoms with Gasteiger partial charge in [0.1, 0.15) is 12.0 Å². The molecule has 1 aliphatic heterocycles. The molecule has 15 heavy (non-hydrogen) atoms. The number of nitriles is 1. The summed E-state index contributed by atoms with van der Waals surface area (Å²) >= 11 is 0. The maximum atomic E-state index is 11.7. The van der Waals surface area contributed by atoms with Crippen LogP contribution in [0.4, 0.5) is 0 Å². The molecule has 0 aliphatic carbocycles. The summed E-state index contributed by atoms with van der Waals surface area (Å²) in [5.74, 6) is -1.47. The lowest BCUT2D eigenvalue weighted by atomic mass is 9.99. The maximum absolute atomic E-state index is 11.7. The van der Waals surface area contributed by atoms with Crippen molar-refractivity contribution in [3.63, 3.8) is 0 Å². The van der Waals surface area contributed by atoms with Crippen molar-refractivity contribution < 1.29 is 9.59 Å². The highest BCUT2D eigenvalue weighted by Gasteiger charge is 2.32. The zero-order valence-electron chi connectivity index (χ0n) is 8.77. The summed E-state index contributed by atoms with van der Waals surface area (Å²) in [4.78, 5) is 24.3. The standard InChI is InChI=1S/C10H15N3O2/c1-7(6-11)10(15)13-5-3-2-4-8(13)9(12)14/h7-8H,2-5H2,1H3,(H2,12,14). The normalized spacial score (nSPS) is 22.9. The highest BCUT2D eigenvalue weighted by Crippen LogP contribution is 2.18. The van der Waals surface area contributed by atoms with Crippen molar-refractivity contribution in [1.82, 2.24) is 4.90 Å². The van der Waals surface area contributed by atoms with Gasteiger partial charge in [0.2, 0.25) is 11.8 Å². The summed E-state index contributed by atoms with van der Waals surface area (Å²) < 4.78 is 0. The molecule has 0 aromatic carbocycles. The predicted molar refractivity (Wildman–Crippen MR) is 53.3 cm³/mol. The van der Waals surface area contributed by atoms with Gasteiger partial charge in [0, 0.05) is 6.54 Å². The lowest BCUT2D eigenvalue weighted by molar-refractivity contribution is -0.142. The Morgan fingerprint density at radius 2 is 2.20 bits per heavy atom. The van der Waals surface area contributed by atoms with Crippen LogP contribution in [0, 0.1) is 17.2 Å². The first-order chi connectivity index (χ1) is 7.07. The fourth-order valence-electron chi connectivity index (χ4n) is 1.80. The molecule has 0 spiro atoms. The third-order valence-corrected chi connectivity index (χ3v) is 2.68. The first-order valence-corrected chi connectivity index (χ1v) is 5.07. The van der Waals surface area contributed by atoms with Gasteiger partial charge in [-0.15, -0.1) is 0 Å². The minimum absolute atomic E-state index is 0.291. The van der Waals surface area contributed by atoms with Gasteiger partial charge in [-0.2, -0.15) is 5.26 Å². The molecule has 1 saturated heterocycles. The molecular formula is C10H15N3O2. The van der Waals surface area contributed by atoms with E-state index in [2.05, 4.69) is 0 Å². The smallest absolute Gasteiger partial charge is 0.240 e. The molecule has 2 atom stereocenters. The maximum Gasteiger partial charge on any atom is 0.240 e. The summed E-state index contributed by atoms with van der Waals surface area (Å²) in [6.07, 6.45) is 2.38. The average Bonchev–Trinajstić information content (AvgIpc) is 2.27. The first-order valence-electron chi connectivity index (χ1n) is 5.07. The van der Waals surface area contributed by atoms with Crippen LogP contribution in [0.2, 0.25) is 0 Å². The Morgan fingerprint density at radius 1 is 1.53 bits per heavy atom. The van der Waals surface area contributed by atoms with Gasteiger partial charge in [-0.25, -0.2) is 0 Å². The summed E-state index contributed by atoms with van der Waals surface area (Å²) in [5, 5.41) is 8.65. The second kappa shape index (κ2) is 4.78. The number of nitrogens with two attached hydrogens (primary N) is 1. The summed E-state index contributed by atoms with van der Waals surface area (Å²) in [6.45, 7) is 2.06. The van der Waals surface area contributed by atoms with Crippen molar-refractivity contribution in [2.75, 3.05) is 6.54 Å². The van der Waals surface area contributed by atoms with E-state index in [1.165, 1.54) is 11.8 Å². The van der Waals surface area contributed by atoms with Gasteiger partial charge in [-0.1, -0.05) is 0 Å². The predicted octanol–water partition coefficient (Wildman–Crippen LogP) is 0.0125. The van der Waals surface area contributed by atoms with Gasteiger partial charge < -0.3 is 10.6 Å². The third-order valence-electron chi connectivity index (χ3n) is 2.68. The second-order valence-electron chi connectivity index (χ2n) is 3.80. The number of carbonyl (C=O) groups is 2. The zero-order chi connectivity index (χ0) is 11.4.